The van der Waals surface area contributed by atoms with Crippen molar-refractivity contribution in [1.29, 1.82) is 0 Å². The Bertz CT molecular complexity index is 51.5. The Balaban J connectivity index is 2.83. The minimum Gasteiger partial charge on any atom is -0.313 e. The van der Waals surface area contributed by atoms with E-state index >= 15 is 0 Å². The van der Waals surface area contributed by atoms with Crippen molar-refractivity contribution in [1.82, 2.24) is 0 Å². The topological polar surface area (TPSA) is 77.4 Å². The van der Waals surface area contributed by atoms with Gasteiger partial charge in [-0.3, -0.25) is 0 Å². The van der Waals surface area contributed by atoms with Crippen LogP contribution in [0.5, 0.6) is 0 Å². The van der Waals surface area contributed by atoms with E-state index in [1.807, 2.05) is 0 Å². The summed E-state index contributed by atoms with van der Waals surface area (Å²) >= 11 is 0. The lowest BCUT2D eigenvalue weighted by Gasteiger charge is -1.87. The highest BCUT2D eigenvalue weighted by atomic mass is 17.5. The number of rotatable bonds is 4. The first-order chi connectivity index (χ1) is 3.91. The molecule has 0 aromatic carbocycles. The highest BCUT2D eigenvalue weighted by Gasteiger charge is 1.72. The largest absolute Gasteiger partial charge is 0.313 e. The van der Waals surface area contributed by atoms with Gasteiger partial charge in [0.25, 0.3) is 0 Å². The van der Waals surface area contributed by atoms with Crippen LogP contribution in [0.2, 0.25) is 0 Å². The maximum atomic E-state index is 7.43. The normalized spacial score (nSPS) is 9.75. The van der Waals surface area contributed by atoms with Gasteiger partial charge in [0.15, 0.2) is 12.5 Å². The van der Waals surface area contributed by atoms with Gasteiger partial charge < -0.3 is 9.78 Å². The van der Waals surface area contributed by atoms with Gasteiger partial charge in [0.1, 0.15) is 0 Å². The molecule has 0 atom stereocenters. The van der Waals surface area contributed by atoms with E-state index in [1.54, 1.807) is 0 Å². The van der Waals surface area contributed by atoms with Crippen molar-refractivity contribution in [2.45, 2.75) is 0 Å². The summed E-state index contributed by atoms with van der Waals surface area (Å²) in [7, 11) is 0. The van der Waals surface area contributed by atoms with Crippen molar-refractivity contribution < 1.29 is 30.4 Å². The minimum absolute atomic E-state index is 0.788. The summed E-state index contributed by atoms with van der Waals surface area (Å²) in [5.74, 6) is 0. The van der Waals surface area contributed by atoms with E-state index in [0.29, 0.717) is 0 Å². The molecule has 0 aromatic heterocycles. The summed E-state index contributed by atoms with van der Waals surface area (Å²) in [6.07, 6.45) is 1.58. The van der Waals surface area contributed by atoms with E-state index < -0.39 is 0 Å². The predicted octanol–water partition coefficient (Wildman–Crippen LogP) is 0.300. The van der Waals surface area contributed by atoms with E-state index in [-0.39, 0.29) is 0 Å². The van der Waals surface area contributed by atoms with E-state index in [1.165, 1.54) is 0 Å². The Hall–Kier alpha value is -0.820. The van der Waals surface area contributed by atoms with E-state index in [9.17, 15) is 0 Å². The van der Waals surface area contributed by atoms with Crippen LogP contribution < -0.4 is 0 Å². The minimum atomic E-state index is 0.788. The third-order valence-electron chi connectivity index (χ3n) is 0.253. The first kappa shape index (κ1) is 7.18. The van der Waals surface area contributed by atoms with Gasteiger partial charge in [-0.1, -0.05) is 0 Å². The fourth-order valence-corrected chi connectivity index (χ4v) is 0.0951. The van der Waals surface area contributed by atoms with E-state index in [4.69, 9.17) is 10.5 Å². The molecule has 0 bridgehead atoms. The SMILES string of the molecule is OOO/C=C/OOO. The zero-order valence-corrected chi connectivity index (χ0v) is 3.68. The van der Waals surface area contributed by atoms with Crippen molar-refractivity contribution in [3.8, 4) is 0 Å². The summed E-state index contributed by atoms with van der Waals surface area (Å²) in [4.78, 5) is 7.39. The molecule has 0 amide bonds. The van der Waals surface area contributed by atoms with Gasteiger partial charge in [-0.15, -0.1) is 0 Å². The zero-order chi connectivity index (χ0) is 6.24. The maximum absolute atomic E-state index is 7.43. The van der Waals surface area contributed by atoms with Crippen molar-refractivity contribution in [2.24, 2.45) is 0 Å². The van der Waals surface area contributed by atoms with Crippen LogP contribution in [-0.2, 0) is 19.9 Å². The van der Waals surface area contributed by atoms with Gasteiger partial charge in [0.2, 0.25) is 0 Å². The van der Waals surface area contributed by atoms with Crippen LogP contribution in [0.4, 0.5) is 0 Å². The van der Waals surface area contributed by atoms with Crippen molar-refractivity contribution >= 4 is 0 Å². The molecule has 0 radical (unpaired) electrons. The molecule has 0 unspecified atom stereocenters. The lowest BCUT2D eigenvalue weighted by Crippen LogP contribution is -1.80. The summed E-state index contributed by atoms with van der Waals surface area (Å²) < 4.78 is 0. The lowest BCUT2D eigenvalue weighted by molar-refractivity contribution is -0.477. The molecule has 0 heterocycles. The summed E-state index contributed by atoms with van der Waals surface area (Å²) in [5, 5.41) is 21.0. The van der Waals surface area contributed by atoms with Gasteiger partial charge in [-0.05, 0) is 10.1 Å². The van der Waals surface area contributed by atoms with Crippen LogP contribution in [-0.4, -0.2) is 10.5 Å². The first-order valence-corrected chi connectivity index (χ1v) is 1.50. The average Bonchev–Trinajstić information content (AvgIpc) is 1.81. The van der Waals surface area contributed by atoms with Gasteiger partial charge in [0.05, 0.1) is 0 Å². The monoisotopic (exact) mass is 124 g/mol. The van der Waals surface area contributed by atoms with Crippen LogP contribution in [0.15, 0.2) is 12.5 Å². The second kappa shape index (κ2) is 6.18. The third-order valence-corrected chi connectivity index (χ3v) is 0.253. The van der Waals surface area contributed by atoms with Crippen LogP contribution >= 0.6 is 0 Å². The first-order valence-electron chi connectivity index (χ1n) is 1.50. The molecule has 0 aliphatic heterocycles. The highest BCUT2D eigenvalue weighted by molar-refractivity contribution is 4.54. The molecular formula is C2H4O6. The predicted molar refractivity (Wildman–Crippen MR) is 18.7 cm³/mol. The Labute approximate surface area is 44.2 Å². The van der Waals surface area contributed by atoms with Crippen molar-refractivity contribution in [3.63, 3.8) is 0 Å². The molecule has 0 rings (SSSR count). The summed E-state index contributed by atoms with van der Waals surface area (Å²) in [6.45, 7) is 0. The molecule has 0 fully saturated rings. The van der Waals surface area contributed by atoms with Crippen LogP contribution in [0.1, 0.15) is 0 Å². The second-order valence-electron chi connectivity index (χ2n) is 0.614. The molecule has 0 aromatic rings. The molecule has 0 saturated carbocycles. The summed E-state index contributed by atoms with van der Waals surface area (Å²) in [6, 6.07) is 0. The van der Waals surface area contributed by atoms with Crippen molar-refractivity contribution in [3.05, 3.63) is 12.5 Å². The van der Waals surface area contributed by atoms with Crippen molar-refractivity contribution in [2.75, 3.05) is 0 Å². The fraction of sp³-hybridized carbons (Fsp3) is 0. The number of hydrogen-bond acceptors (Lipinski definition) is 6. The molecule has 8 heavy (non-hydrogen) atoms. The molecule has 0 saturated heterocycles. The highest BCUT2D eigenvalue weighted by Crippen LogP contribution is 1.78. The maximum Gasteiger partial charge on any atom is 0.171 e. The van der Waals surface area contributed by atoms with Gasteiger partial charge in [-0.2, -0.15) is 0 Å². The Kier molecular flexibility index (Phi) is 5.55. The Morgan fingerprint density at radius 2 is 1.25 bits per heavy atom. The molecule has 48 valence electrons. The molecule has 2 N–H and O–H groups in total. The second-order valence-corrected chi connectivity index (χ2v) is 0.614. The zero-order valence-electron chi connectivity index (χ0n) is 3.68. The molecule has 6 heteroatoms. The molecular weight excluding hydrogens is 120 g/mol. The average molecular weight is 124 g/mol. The lowest BCUT2D eigenvalue weighted by atomic mass is 11.1. The van der Waals surface area contributed by atoms with E-state index in [2.05, 4.69) is 19.9 Å². The van der Waals surface area contributed by atoms with Crippen LogP contribution in [0, 0.1) is 0 Å². The summed E-state index contributed by atoms with van der Waals surface area (Å²) in [5.41, 5.74) is 0. The molecule has 0 aliphatic rings. The molecule has 6 nitrogen and oxygen atoms in total. The molecule has 0 aliphatic carbocycles. The van der Waals surface area contributed by atoms with Gasteiger partial charge in [0, 0.05) is 0 Å². The van der Waals surface area contributed by atoms with Crippen LogP contribution in [0.25, 0.3) is 0 Å². The Morgan fingerprint density at radius 3 is 1.50 bits per heavy atom. The fourth-order valence-electron chi connectivity index (χ4n) is 0.0951. The van der Waals surface area contributed by atoms with Gasteiger partial charge >= 0.3 is 0 Å². The Morgan fingerprint density at radius 1 is 0.875 bits per heavy atom. The van der Waals surface area contributed by atoms with Crippen LogP contribution in [0.3, 0.4) is 0 Å². The van der Waals surface area contributed by atoms with E-state index in [0.717, 1.165) is 12.5 Å². The smallest absolute Gasteiger partial charge is 0.171 e. The third kappa shape index (κ3) is 5.18. The van der Waals surface area contributed by atoms with Gasteiger partial charge in [-0.25, -0.2) is 10.5 Å². The molecule has 0 spiro atoms. The number of hydrogen-bond donors (Lipinski definition) is 2. The standard InChI is InChI=1S/C2H4O6/c3-7-5-1-2-6-8-4/h1-4H/b2-1+. The quantitative estimate of drug-likeness (QED) is 0.319.